The minimum Gasteiger partial charge on any atom is -0.371 e. The molecule has 3 atom stereocenters. The van der Waals surface area contributed by atoms with Gasteiger partial charge in [-0.2, -0.15) is 13.9 Å². The summed E-state index contributed by atoms with van der Waals surface area (Å²) in [6, 6.07) is 11.6. The van der Waals surface area contributed by atoms with Crippen LogP contribution in [-0.4, -0.2) is 52.4 Å². The second-order valence-electron chi connectivity index (χ2n) is 6.71. The summed E-state index contributed by atoms with van der Waals surface area (Å²) in [4.78, 5) is 14.6. The number of ether oxygens (including phenoxy) is 1. The summed E-state index contributed by atoms with van der Waals surface area (Å²) in [5, 5.41) is 6.51. The molecule has 6 nitrogen and oxygen atoms in total. The summed E-state index contributed by atoms with van der Waals surface area (Å²) in [5.74, 6) is -0.422. The Morgan fingerprint density at radius 3 is 2.77 bits per heavy atom. The standard InChI is InChI=1S/C18H20F2N4O2/c19-18(20)24-7-6-15(22-24)17(25)21-13-8-14-11-26-16(10-23(14)9-13)12-4-2-1-3-5-12/h1-7,13-14,16,18H,8-11H2,(H,21,25)/t13-,14+,16-/m1/s1. The van der Waals surface area contributed by atoms with Gasteiger partial charge in [0.05, 0.1) is 12.7 Å². The van der Waals surface area contributed by atoms with E-state index in [0.717, 1.165) is 31.3 Å². The normalized spacial score (nSPS) is 26.0. The Morgan fingerprint density at radius 1 is 1.23 bits per heavy atom. The fourth-order valence-corrected chi connectivity index (χ4v) is 3.68. The first kappa shape index (κ1) is 17.1. The summed E-state index contributed by atoms with van der Waals surface area (Å²) < 4.78 is 31.6. The van der Waals surface area contributed by atoms with Gasteiger partial charge in [-0.15, -0.1) is 0 Å². The Balaban J connectivity index is 1.35. The zero-order valence-corrected chi connectivity index (χ0v) is 14.1. The van der Waals surface area contributed by atoms with Crippen molar-refractivity contribution in [1.82, 2.24) is 20.0 Å². The maximum absolute atomic E-state index is 12.6. The topological polar surface area (TPSA) is 59.4 Å². The highest BCUT2D eigenvalue weighted by Crippen LogP contribution is 2.30. The zero-order chi connectivity index (χ0) is 18.1. The maximum atomic E-state index is 12.6. The average molecular weight is 362 g/mol. The first-order valence-corrected chi connectivity index (χ1v) is 8.65. The molecule has 8 heteroatoms. The summed E-state index contributed by atoms with van der Waals surface area (Å²) in [6.07, 6.45) is 1.92. The highest BCUT2D eigenvalue weighted by molar-refractivity contribution is 5.92. The maximum Gasteiger partial charge on any atom is 0.333 e. The number of benzene rings is 1. The molecule has 2 aliphatic rings. The van der Waals surface area contributed by atoms with E-state index in [1.165, 1.54) is 6.07 Å². The van der Waals surface area contributed by atoms with Crippen LogP contribution in [0.5, 0.6) is 0 Å². The number of hydrogen-bond donors (Lipinski definition) is 1. The second kappa shape index (κ2) is 7.13. The molecule has 1 aromatic heterocycles. The number of carbonyl (C=O) groups excluding carboxylic acids is 1. The van der Waals surface area contributed by atoms with Crippen LogP contribution in [0, 0.1) is 0 Å². The van der Waals surface area contributed by atoms with E-state index in [0.29, 0.717) is 11.3 Å². The first-order chi connectivity index (χ1) is 12.6. The van der Waals surface area contributed by atoms with Crippen LogP contribution in [0.2, 0.25) is 0 Å². The lowest BCUT2D eigenvalue weighted by atomic mass is 10.1. The van der Waals surface area contributed by atoms with Gasteiger partial charge < -0.3 is 10.1 Å². The van der Waals surface area contributed by atoms with Gasteiger partial charge in [0.25, 0.3) is 5.91 Å². The summed E-state index contributed by atoms with van der Waals surface area (Å²) in [6.45, 7) is -0.629. The molecule has 2 aliphatic heterocycles. The van der Waals surface area contributed by atoms with Crippen molar-refractivity contribution in [2.24, 2.45) is 0 Å². The van der Waals surface area contributed by atoms with E-state index in [1.54, 1.807) is 0 Å². The van der Waals surface area contributed by atoms with Crippen molar-refractivity contribution in [2.75, 3.05) is 19.7 Å². The van der Waals surface area contributed by atoms with Crippen molar-refractivity contribution >= 4 is 5.91 Å². The van der Waals surface area contributed by atoms with E-state index in [2.05, 4.69) is 27.4 Å². The number of hydrogen-bond acceptors (Lipinski definition) is 4. The molecule has 26 heavy (non-hydrogen) atoms. The molecule has 0 aliphatic carbocycles. The van der Waals surface area contributed by atoms with Gasteiger partial charge in [0.15, 0.2) is 0 Å². The number of carbonyl (C=O) groups is 1. The molecule has 0 unspecified atom stereocenters. The smallest absolute Gasteiger partial charge is 0.333 e. The third kappa shape index (κ3) is 3.47. The lowest BCUT2D eigenvalue weighted by molar-refractivity contribution is -0.0502. The van der Waals surface area contributed by atoms with E-state index >= 15 is 0 Å². The Labute approximate surface area is 149 Å². The predicted octanol–water partition coefficient (Wildman–Crippen LogP) is 2.22. The van der Waals surface area contributed by atoms with Gasteiger partial charge in [0.1, 0.15) is 5.69 Å². The van der Waals surface area contributed by atoms with E-state index in [9.17, 15) is 13.6 Å². The minimum absolute atomic E-state index is 0.00795. The molecule has 0 saturated carbocycles. The lowest BCUT2D eigenvalue weighted by Gasteiger charge is -2.35. The van der Waals surface area contributed by atoms with E-state index < -0.39 is 12.5 Å². The van der Waals surface area contributed by atoms with Gasteiger partial charge in [-0.05, 0) is 18.1 Å². The van der Waals surface area contributed by atoms with E-state index in [-0.39, 0.29) is 23.9 Å². The van der Waals surface area contributed by atoms with Crippen molar-refractivity contribution in [1.29, 1.82) is 0 Å². The molecule has 2 saturated heterocycles. The number of alkyl halides is 2. The SMILES string of the molecule is O=C(N[C@@H]1C[C@H]2CO[C@@H](c3ccccc3)CN2C1)c1ccn(C(F)F)n1. The monoisotopic (exact) mass is 362 g/mol. The molecule has 3 heterocycles. The van der Waals surface area contributed by atoms with Crippen LogP contribution in [0.1, 0.15) is 35.1 Å². The van der Waals surface area contributed by atoms with Gasteiger partial charge in [-0.3, -0.25) is 9.69 Å². The number of halogens is 2. The average Bonchev–Trinajstić information content (AvgIpc) is 3.28. The molecular weight excluding hydrogens is 342 g/mol. The van der Waals surface area contributed by atoms with Crippen LogP contribution in [0.3, 0.4) is 0 Å². The largest absolute Gasteiger partial charge is 0.371 e. The molecule has 1 N–H and O–H groups in total. The number of aromatic nitrogens is 2. The summed E-state index contributed by atoms with van der Waals surface area (Å²) >= 11 is 0. The van der Waals surface area contributed by atoms with Gasteiger partial charge in [-0.25, -0.2) is 4.68 Å². The van der Waals surface area contributed by atoms with Gasteiger partial charge in [0, 0.05) is 31.4 Å². The van der Waals surface area contributed by atoms with Crippen molar-refractivity contribution < 1.29 is 18.3 Å². The highest BCUT2D eigenvalue weighted by atomic mass is 19.3. The number of rotatable bonds is 4. The fourth-order valence-electron chi connectivity index (χ4n) is 3.68. The van der Waals surface area contributed by atoms with Crippen LogP contribution < -0.4 is 5.32 Å². The third-order valence-electron chi connectivity index (χ3n) is 4.97. The molecular formula is C18H20F2N4O2. The predicted molar refractivity (Wildman–Crippen MR) is 89.8 cm³/mol. The molecule has 0 spiro atoms. The van der Waals surface area contributed by atoms with Crippen LogP contribution in [0.4, 0.5) is 8.78 Å². The molecule has 1 amide bonds. The fraction of sp³-hybridized carbons (Fsp3) is 0.444. The third-order valence-corrected chi connectivity index (χ3v) is 4.97. The molecule has 0 radical (unpaired) electrons. The number of morpholine rings is 1. The summed E-state index contributed by atoms with van der Waals surface area (Å²) in [7, 11) is 0. The number of amides is 1. The van der Waals surface area contributed by atoms with Crippen LogP contribution >= 0.6 is 0 Å². The zero-order valence-electron chi connectivity index (χ0n) is 14.1. The van der Waals surface area contributed by atoms with Crippen molar-refractivity contribution in [3.05, 3.63) is 53.9 Å². The first-order valence-electron chi connectivity index (χ1n) is 8.65. The Morgan fingerprint density at radius 2 is 2.04 bits per heavy atom. The number of nitrogens with zero attached hydrogens (tertiary/aromatic N) is 3. The Kier molecular flexibility index (Phi) is 4.69. The van der Waals surface area contributed by atoms with Crippen molar-refractivity contribution in [3.63, 3.8) is 0 Å². The van der Waals surface area contributed by atoms with Crippen molar-refractivity contribution in [3.8, 4) is 0 Å². The molecule has 2 aromatic rings. The molecule has 0 bridgehead atoms. The molecule has 1 aromatic carbocycles. The highest BCUT2D eigenvalue weighted by Gasteiger charge is 2.38. The van der Waals surface area contributed by atoms with E-state index in [4.69, 9.17) is 4.74 Å². The lowest BCUT2D eigenvalue weighted by Crippen LogP contribution is -2.43. The number of fused-ring (bicyclic) bond motifs is 1. The van der Waals surface area contributed by atoms with Crippen LogP contribution in [-0.2, 0) is 4.74 Å². The van der Waals surface area contributed by atoms with Gasteiger partial charge >= 0.3 is 6.55 Å². The van der Waals surface area contributed by atoms with Crippen molar-refractivity contribution in [2.45, 2.75) is 31.2 Å². The summed E-state index contributed by atoms with van der Waals surface area (Å²) in [5.41, 5.74) is 1.16. The number of nitrogens with one attached hydrogen (secondary N) is 1. The molecule has 4 rings (SSSR count). The second-order valence-corrected chi connectivity index (χ2v) is 6.71. The molecule has 2 fully saturated rings. The Hall–Kier alpha value is -2.32. The van der Waals surface area contributed by atoms with Crippen LogP contribution in [0.25, 0.3) is 0 Å². The minimum atomic E-state index is -2.75. The van der Waals surface area contributed by atoms with Crippen LogP contribution in [0.15, 0.2) is 42.6 Å². The van der Waals surface area contributed by atoms with Gasteiger partial charge in [-0.1, -0.05) is 30.3 Å². The Bertz CT molecular complexity index is 768. The van der Waals surface area contributed by atoms with E-state index in [1.807, 2.05) is 18.2 Å². The quantitative estimate of drug-likeness (QED) is 0.906. The van der Waals surface area contributed by atoms with Gasteiger partial charge in [0.2, 0.25) is 0 Å². The molecule has 138 valence electrons.